The number of benzene rings is 9. The highest BCUT2D eigenvalue weighted by Crippen LogP contribution is 2.42. The van der Waals surface area contributed by atoms with Crippen LogP contribution in [0.3, 0.4) is 0 Å². The van der Waals surface area contributed by atoms with Crippen molar-refractivity contribution in [3.8, 4) is 67.0 Å². The van der Waals surface area contributed by atoms with E-state index in [0.717, 1.165) is 88.5 Å². The van der Waals surface area contributed by atoms with Gasteiger partial charge in [0.1, 0.15) is 0 Å². The van der Waals surface area contributed by atoms with Gasteiger partial charge in [-0.05, 0) is 103 Å². The topological polar surface area (TPSA) is 38.7 Å². The molecule has 3 heteroatoms. The fraction of sp³-hybridized carbons (Fsp3) is 0. The predicted molar refractivity (Wildman–Crippen MR) is 260 cm³/mol. The third-order valence-electron chi connectivity index (χ3n) is 12.3. The van der Waals surface area contributed by atoms with Gasteiger partial charge in [0.05, 0.1) is 22.4 Å². The van der Waals surface area contributed by atoms with E-state index in [1.165, 1.54) is 32.7 Å². The molecule has 0 saturated heterocycles. The van der Waals surface area contributed by atoms with Gasteiger partial charge in [0.25, 0.3) is 0 Å². The normalized spacial score (nSPS) is 11.5. The lowest BCUT2D eigenvalue weighted by molar-refractivity contribution is 1.35. The minimum Gasteiger partial charge on any atom is -0.256 e. The summed E-state index contributed by atoms with van der Waals surface area (Å²) < 4.78 is 0. The summed E-state index contributed by atoms with van der Waals surface area (Å²) in [6, 6.07) is 76.4. The lowest BCUT2D eigenvalue weighted by Gasteiger charge is -2.17. The minimum absolute atomic E-state index is 0.915. The Kier molecular flexibility index (Phi) is 8.50. The zero-order chi connectivity index (χ0) is 41.0. The van der Waals surface area contributed by atoms with Crippen molar-refractivity contribution >= 4 is 54.1 Å². The number of pyridine rings is 3. The van der Waals surface area contributed by atoms with Gasteiger partial charge in [-0.2, -0.15) is 0 Å². The Hall–Kier alpha value is -8.27. The first-order chi connectivity index (χ1) is 30.7. The molecule has 0 aliphatic heterocycles. The summed E-state index contributed by atoms with van der Waals surface area (Å²) in [5.41, 5.74) is 15.0. The molecule has 0 N–H and O–H groups in total. The second kappa shape index (κ2) is 14.8. The fourth-order valence-corrected chi connectivity index (χ4v) is 9.16. The number of aromatic nitrogens is 3. The van der Waals surface area contributed by atoms with Crippen LogP contribution in [0.5, 0.6) is 0 Å². The van der Waals surface area contributed by atoms with Gasteiger partial charge in [0.2, 0.25) is 0 Å². The molecule has 3 nitrogen and oxygen atoms in total. The van der Waals surface area contributed by atoms with Crippen LogP contribution in [0.2, 0.25) is 0 Å². The van der Waals surface area contributed by atoms with Gasteiger partial charge in [-0.15, -0.1) is 0 Å². The molecule has 0 spiro atoms. The third-order valence-corrected chi connectivity index (χ3v) is 12.3. The van der Waals surface area contributed by atoms with Crippen LogP contribution in [0, 0.1) is 0 Å². The molecule has 12 rings (SSSR count). The smallest absolute Gasteiger partial charge is 0.0788 e. The Morgan fingerprint density at radius 2 is 0.742 bits per heavy atom. The minimum atomic E-state index is 0.915. The summed E-state index contributed by atoms with van der Waals surface area (Å²) in [7, 11) is 0. The highest BCUT2D eigenvalue weighted by Gasteiger charge is 2.18. The van der Waals surface area contributed by atoms with Crippen molar-refractivity contribution in [3.05, 3.63) is 225 Å². The number of rotatable bonds is 6. The Bertz CT molecular complexity index is 3670. The van der Waals surface area contributed by atoms with E-state index in [9.17, 15) is 0 Å². The van der Waals surface area contributed by atoms with Crippen molar-refractivity contribution in [2.45, 2.75) is 0 Å². The van der Waals surface area contributed by atoms with Gasteiger partial charge in [0.15, 0.2) is 0 Å². The van der Waals surface area contributed by atoms with E-state index >= 15 is 0 Å². The number of hydrogen-bond donors (Lipinski definition) is 0. The molecule has 0 fully saturated rings. The predicted octanol–water partition coefficient (Wildman–Crippen LogP) is 15.6. The average Bonchev–Trinajstić information content (AvgIpc) is 3.35. The SMILES string of the molecule is c1ccc2cc(-c3cc(-c4ccc5ccccc5c4)c4cc(-c5ccc(-c6cccc7cccnc67)cc5)nc(-c5ccc(-c6cccc7cccnc67)cc5)c4c3)ccc2c1. The Morgan fingerprint density at radius 3 is 1.35 bits per heavy atom. The van der Waals surface area contributed by atoms with Crippen LogP contribution in [-0.2, 0) is 0 Å². The molecule has 0 atom stereocenters. The molecule has 3 heterocycles. The van der Waals surface area contributed by atoms with E-state index in [1.807, 2.05) is 24.5 Å². The van der Waals surface area contributed by atoms with Gasteiger partial charge >= 0.3 is 0 Å². The van der Waals surface area contributed by atoms with Crippen LogP contribution in [-0.4, -0.2) is 15.0 Å². The molecular weight excluding hydrogens is 751 g/mol. The van der Waals surface area contributed by atoms with Gasteiger partial charge in [-0.1, -0.05) is 170 Å². The highest BCUT2D eigenvalue weighted by molar-refractivity contribution is 6.09. The molecule has 0 saturated carbocycles. The monoisotopic (exact) mass is 787 g/mol. The summed E-state index contributed by atoms with van der Waals surface area (Å²) in [4.78, 5) is 15.1. The second-order valence-electron chi connectivity index (χ2n) is 16.0. The standard InChI is InChI=1S/C59H37N3/c1-3-11-46-33-48(29-19-38(46)9-1)50-35-53(49-30-20-39-10-2-4-12-47(39)34-49)54-37-56(42-25-21-40(22-26-42)51-17-5-13-43-15-7-31-60-57(43)51)62-59(55(54)36-50)45-27-23-41(24-28-45)52-18-6-14-44-16-8-32-61-58(44)52/h1-37H. The lowest BCUT2D eigenvalue weighted by Crippen LogP contribution is -1.95. The molecule has 0 unspecified atom stereocenters. The second-order valence-corrected chi connectivity index (χ2v) is 16.0. The van der Waals surface area contributed by atoms with E-state index < -0.39 is 0 Å². The number of nitrogens with zero attached hydrogens (tertiary/aromatic N) is 3. The van der Waals surface area contributed by atoms with Crippen LogP contribution in [0.1, 0.15) is 0 Å². The third kappa shape index (κ3) is 6.27. The quantitative estimate of drug-likeness (QED) is 0.168. The Labute approximate surface area is 359 Å². The number of para-hydroxylation sites is 2. The summed E-state index contributed by atoms with van der Waals surface area (Å²) >= 11 is 0. The summed E-state index contributed by atoms with van der Waals surface area (Å²) in [6.45, 7) is 0. The zero-order valence-corrected chi connectivity index (χ0v) is 33.7. The molecule has 0 aliphatic carbocycles. The van der Waals surface area contributed by atoms with Crippen molar-refractivity contribution in [3.63, 3.8) is 0 Å². The first kappa shape index (κ1) is 35.7. The Balaban J connectivity index is 1.09. The van der Waals surface area contributed by atoms with Crippen LogP contribution >= 0.6 is 0 Å². The van der Waals surface area contributed by atoms with Crippen LogP contribution < -0.4 is 0 Å². The van der Waals surface area contributed by atoms with Crippen LogP contribution in [0.15, 0.2) is 225 Å². The lowest BCUT2D eigenvalue weighted by atomic mass is 9.89. The zero-order valence-electron chi connectivity index (χ0n) is 33.7. The highest BCUT2D eigenvalue weighted by atomic mass is 14.7. The van der Waals surface area contributed by atoms with E-state index in [-0.39, 0.29) is 0 Å². The van der Waals surface area contributed by atoms with Crippen LogP contribution in [0.4, 0.5) is 0 Å². The largest absolute Gasteiger partial charge is 0.256 e. The average molecular weight is 788 g/mol. The molecule has 0 amide bonds. The van der Waals surface area contributed by atoms with Gasteiger partial charge < -0.3 is 0 Å². The molecule has 0 bridgehead atoms. The molecular formula is C59H37N3. The maximum absolute atomic E-state index is 5.59. The van der Waals surface area contributed by atoms with E-state index in [0.29, 0.717) is 0 Å². The van der Waals surface area contributed by atoms with Crippen molar-refractivity contribution in [1.82, 2.24) is 15.0 Å². The molecule has 62 heavy (non-hydrogen) atoms. The maximum atomic E-state index is 5.59. The van der Waals surface area contributed by atoms with E-state index in [4.69, 9.17) is 15.0 Å². The molecule has 0 aliphatic rings. The first-order valence-electron chi connectivity index (χ1n) is 21.1. The molecule has 288 valence electrons. The number of hydrogen-bond acceptors (Lipinski definition) is 3. The van der Waals surface area contributed by atoms with E-state index in [1.54, 1.807) is 0 Å². The molecule has 12 aromatic rings. The summed E-state index contributed by atoms with van der Waals surface area (Å²) in [5.74, 6) is 0. The van der Waals surface area contributed by atoms with E-state index in [2.05, 4.69) is 200 Å². The maximum Gasteiger partial charge on any atom is 0.0788 e. The van der Waals surface area contributed by atoms with Crippen LogP contribution in [0.25, 0.3) is 121 Å². The molecule has 0 radical (unpaired) electrons. The van der Waals surface area contributed by atoms with Crippen molar-refractivity contribution in [2.75, 3.05) is 0 Å². The van der Waals surface area contributed by atoms with Crippen molar-refractivity contribution in [1.29, 1.82) is 0 Å². The van der Waals surface area contributed by atoms with Gasteiger partial charge in [-0.25, -0.2) is 4.98 Å². The molecule has 3 aromatic heterocycles. The van der Waals surface area contributed by atoms with Gasteiger partial charge in [0, 0.05) is 50.8 Å². The van der Waals surface area contributed by atoms with Crippen molar-refractivity contribution < 1.29 is 0 Å². The van der Waals surface area contributed by atoms with Crippen molar-refractivity contribution in [2.24, 2.45) is 0 Å². The summed E-state index contributed by atoms with van der Waals surface area (Å²) in [5, 5.41) is 9.37. The molecule has 9 aromatic carbocycles. The number of fused-ring (bicyclic) bond motifs is 5. The first-order valence-corrected chi connectivity index (χ1v) is 21.1. The van der Waals surface area contributed by atoms with Gasteiger partial charge in [-0.3, -0.25) is 9.97 Å². The Morgan fingerprint density at radius 1 is 0.258 bits per heavy atom. The fourth-order valence-electron chi connectivity index (χ4n) is 9.16. The summed E-state index contributed by atoms with van der Waals surface area (Å²) in [6.07, 6.45) is 3.73.